The van der Waals surface area contributed by atoms with Crippen molar-refractivity contribution in [3.05, 3.63) is 22.4 Å². The van der Waals surface area contributed by atoms with E-state index in [-0.39, 0.29) is 17.9 Å². The molecule has 2 N–H and O–H groups in total. The van der Waals surface area contributed by atoms with E-state index in [4.69, 9.17) is 5.73 Å². The van der Waals surface area contributed by atoms with Crippen LogP contribution in [0.15, 0.2) is 17.5 Å². The lowest BCUT2D eigenvalue weighted by Gasteiger charge is -2.25. The standard InChI is InChI=1S/C12H20N2OS/c1-4-14(8-10-6-5-7-16-10)12(15)11(13)9(2)3/h5-7,9,11H,4,8,13H2,1-3H3/t11-/m1/s1. The molecule has 0 aliphatic carbocycles. The first kappa shape index (κ1) is 13.2. The van der Waals surface area contributed by atoms with Gasteiger partial charge in [0.05, 0.1) is 12.6 Å². The molecule has 0 saturated carbocycles. The van der Waals surface area contributed by atoms with Crippen molar-refractivity contribution in [3.63, 3.8) is 0 Å². The van der Waals surface area contributed by atoms with Crippen molar-refractivity contribution in [1.29, 1.82) is 0 Å². The molecule has 90 valence electrons. The Morgan fingerprint density at radius 3 is 2.69 bits per heavy atom. The molecule has 0 spiro atoms. The average molecular weight is 240 g/mol. The highest BCUT2D eigenvalue weighted by Crippen LogP contribution is 2.13. The van der Waals surface area contributed by atoms with Crippen molar-refractivity contribution in [1.82, 2.24) is 4.90 Å². The van der Waals surface area contributed by atoms with Gasteiger partial charge in [0.15, 0.2) is 0 Å². The van der Waals surface area contributed by atoms with Gasteiger partial charge in [0, 0.05) is 11.4 Å². The van der Waals surface area contributed by atoms with Gasteiger partial charge in [-0.05, 0) is 24.3 Å². The SMILES string of the molecule is CCN(Cc1cccs1)C(=O)[C@H](N)C(C)C. The Kier molecular flexibility index (Phi) is 4.96. The van der Waals surface area contributed by atoms with E-state index in [1.165, 1.54) is 4.88 Å². The Morgan fingerprint density at radius 1 is 1.56 bits per heavy atom. The molecule has 0 bridgehead atoms. The van der Waals surface area contributed by atoms with Gasteiger partial charge >= 0.3 is 0 Å². The van der Waals surface area contributed by atoms with Gasteiger partial charge in [-0.1, -0.05) is 19.9 Å². The molecule has 1 atom stereocenters. The minimum atomic E-state index is -0.389. The van der Waals surface area contributed by atoms with Gasteiger partial charge in [-0.2, -0.15) is 0 Å². The Hall–Kier alpha value is -0.870. The Labute approximate surface area is 101 Å². The summed E-state index contributed by atoms with van der Waals surface area (Å²) in [6, 6.07) is 3.65. The van der Waals surface area contributed by atoms with Crippen LogP contribution in [-0.2, 0) is 11.3 Å². The molecule has 16 heavy (non-hydrogen) atoms. The van der Waals surface area contributed by atoms with Gasteiger partial charge in [-0.25, -0.2) is 0 Å². The number of rotatable bonds is 5. The summed E-state index contributed by atoms with van der Waals surface area (Å²) in [6.07, 6.45) is 0. The van der Waals surface area contributed by atoms with Gasteiger partial charge < -0.3 is 10.6 Å². The topological polar surface area (TPSA) is 46.3 Å². The number of carbonyl (C=O) groups excluding carboxylic acids is 1. The molecular formula is C12H20N2OS. The second-order valence-corrected chi connectivity index (χ2v) is 5.23. The predicted molar refractivity (Wildman–Crippen MR) is 68.2 cm³/mol. The molecule has 1 amide bonds. The summed E-state index contributed by atoms with van der Waals surface area (Å²) in [4.78, 5) is 15.1. The van der Waals surface area contributed by atoms with Crippen molar-refractivity contribution >= 4 is 17.2 Å². The number of hydrogen-bond donors (Lipinski definition) is 1. The lowest BCUT2D eigenvalue weighted by molar-refractivity contribution is -0.133. The molecule has 4 heteroatoms. The van der Waals surface area contributed by atoms with E-state index >= 15 is 0 Å². The number of nitrogens with two attached hydrogens (primary N) is 1. The van der Waals surface area contributed by atoms with Crippen LogP contribution < -0.4 is 5.73 Å². The van der Waals surface area contributed by atoms with Crippen LogP contribution in [0.5, 0.6) is 0 Å². The largest absolute Gasteiger partial charge is 0.336 e. The average Bonchev–Trinajstić information content (AvgIpc) is 2.76. The summed E-state index contributed by atoms with van der Waals surface area (Å²) in [6.45, 7) is 7.31. The van der Waals surface area contributed by atoms with E-state index in [0.29, 0.717) is 13.1 Å². The van der Waals surface area contributed by atoms with Crippen LogP contribution in [0.25, 0.3) is 0 Å². The lowest BCUT2D eigenvalue weighted by Crippen LogP contribution is -2.46. The van der Waals surface area contributed by atoms with Crippen LogP contribution in [0.1, 0.15) is 25.6 Å². The number of thiophene rings is 1. The smallest absolute Gasteiger partial charge is 0.240 e. The number of nitrogens with zero attached hydrogens (tertiary/aromatic N) is 1. The van der Waals surface area contributed by atoms with Crippen LogP contribution in [0, 0.1) is 5.92 Å². The third-order valence-corrected chi connectivity index (χ3v) is 3.48. The minimum absolute atomic E-state index is 0.0471. The molecule has 1 heterocycles. The summed E-state index contributed by atoms with van der Waals surface area (Å²) < 4.78 is 0. The van der Waals surface area contributed by atoms with Gasteiger partial charge in [0.2, 0.25) is 5.91 Å². The van der Waals surface area contributed by atoms with E-state index in [1.54, 1.807) is 11.3 Å². The summed E-state index contributed by atoms with van der Waals surface area (Å²) in [7, 11) is 0. The molecular weight excluding hydrogens is 220 g/mol. The maximum Gasteiger partial charge on any atom is 0.240 e. The molecule has 1 aromatic rings. The molecule has 3 nitrogen and oxygen atoms in total. The fourth-order valence-electron chi connectivity index (χ4n) is 1.43. The van der Waals surface area contributed by atoms with Crippen LogP contribution in [0.4, 0.5) is 0 Å². The second-order valence-electron chi connectivity index (χ2n) is 4.20. The van der Waals surface area contributed by atoms with Crippen molar-refractivity contribution < 1.29 is 4.79 Å². The van der Waals surface area contributed by atoms with Gasteiger partial charge in [-0.3, -0.25) is 4.79 Å². The first-order chi connectivity index (χ1) is 7.56. The van der Waals surface area contributed by atoms with Gasteiger partial charge in [-0.15, -0.1) is 11.3 Å². The monoisotopic (exact) mass is 240 g/mol. The Bertz CT molecular complexity index is 322. The molecule has 0 aromatic carbocycles. The second kappa shape index (κ2) is 6.01. The summed E-state index contributed by atoms with van der Waals surface area (Å²) >= 11 is 1.67. The van der Waals surface area contributed by atoms with Gasteiger partial charge in [0.25, 0.3) is 0 Å². The first-order valence-electron chi connectivity index (χ1n) is 5.63. The molecule has 0 fully saturated rings. The molecule has 1 aromatic heterocycles. The third kappa shape index (κ3) is 3.32. The quantitative estimate of drug-likeness (QED) is 0.856. The van der Waals surface area contributed by atoms with Crippen LogP contribution in [0.2, 0.25) is 0 Å². The fraction of sp³-hybridized carbons (Fsp3) is 0.583. The van der Waals surface area contributed by atoms with Gasteiger partial charge in [0.1, 0.15) is 0 Å². The van der Waals surface area contributed by atoms with Crippen molar-refractivity contribution in [2.45, 2.75) is 33.4 Å². The van der Waals surface area contributed by atoms with Crippen molar-refractivity contribution in [2.75, 3.05) is 6.54 Å². The summed E-state index contributed by atoms with van der Waals surface area (Å²) in [5.41, 5.74) is 5.88. The Balaban J connectivity index is 2.64. The summed E-state index contributed by atoms with van der Waals surface area (Å²) in [5.74, 6) is 0.232. The zero-order valence-corrected chi connectivity index (χ0v) is 11.0. The van der Waals surface area contributed by atoms with Crippen molar-refractivity contribution in [3.8, 4) is 0 Å². The zero-order valence-electron chi connectivity index (χ0n) is 10.1. The highest BCUT2D eigenvalue weighted by atomic mass is 32.1. The zero-order chi connectivity index (χ0) is 12.1. The molecule has 0 unspecified atom stereocenters. The molecule has 0 aliphatic heterocycles. The fourth-order valence-corrected chi connectivity index (χ4v) is 2.15. The highest BCUT2D eigenvalue weighted by molar-refractivity contribution is 7.09. The number of amides is 1. The van der Waals surface area contributed by atoms with Crippen molar-refractivity contribution in [2.24, 2.45) is 11.7 Å². The highest BCUT2D eigenvalue weighted by Gasteiger charge is 2.22. The van der Waals surface area contributed by atoms with E-state index in [9.17, 15) is 4.79 Å². The molecule has 0 saturated heterocycles. The predicted octanol–water partition coefficient (Wildman–Crippen LogP) is 2.08. The number of carbonyl (C=O) groups is 1. The van der Waals surface area contributed by atoms with Crippen LogP contribution in [-0.4, -0.2) is 23.4 Å². The Morgan fingerprint density at radius 2 is 2.25 bits per heavy atom. The third-order valence-electron chi connectivity index (χ3n) is 2.62. The number of hydrogen-bond acceptors (Lipinski definition) is 3. The molecule has 0 radical (unpaired) electrons. The molecule has 1 rings (SSSR count). The van der Waals surface area contributed by atoms with E-state index in [2.05, 4.69) is 0 Å². The van der Waals surface area contributed by atoms with E-state index in [1.807, 2.05) is 43.2 Å². The first-order valence-corrected chi connectivity index (χ1v) is 6.51. The lowest BCUT2D eigenvalue weighted by atomic mass is 10.0. The minimum Gasteiger partial charge on any atom is -0.336 e. The van der Waals surface area contributed by atoms with E-state index in [0.717, 1.165) is 0 Å². The summed E-state index contributed by atoms with van der Waals surface area (Å²) in [5, 5.41) is 2.02. The number of likely N-dealkylation sites (N-methyl/N-ethyl adjacent to an activating group) is 1. The van der Waals surface area contributed by atoms with Crippen LogP contribution >= 0.6 is 11.3 Å². The normalized spacial score (nSPS) is 12.8. The van der Waals surface area contributed by atoms with E-state index < -0.39 is 0 Å². The maximum atomic E-state index is 12.0. The van der Waals surface area contributed by atoms with Crippen LogP contribution in [0.3, 0.4) is 0 Å². The molecule has 0 aliphatic rings. The maximum absolute atomic E-state index is 12.0.